The van der Waals surface area contributed by atoms with Gasteiger partial charge in [-0.1, -0.05) is 237 Å². The van der Waals surface area contributed by atoms with Crippen molar-refractivity contribution in [2.75, 3.05) is 0 Å². The molecule has 338 valence electrons. The molecule has 3 heterocycles. The summed E-state index contributed by atoms with van der Waals surface area (Å²) >= 11 is 0. The van der Waals surface area contributed by atoms with Crippen LogP contribution in [-0.2, 0) is 0 Å². The lowest BCUT2D eigenvalue weighted by molar-refractivity contribution is 1.33. The molecule has 7 heteroatoms. The molecule has 70 heavy (non-hydrogen) atoms. The average molecular weight is 974 g/mol. The molecule has 0 amide bonds. The van der Waals surface area contributed by atoms with Gasteiger partial charge in [-0.05, 0) is 55.7 Å². The Kier molecular flexibility index (Phi) is 12.2. The van der Waals surface area contributed by atoms with E-state index in [1.165, 1.54) is 97.5 Å². The summed E-state index contributed by atoms with van der Waals surface area (Å²) < 4.78 is 8.50. The predicted octanol–water partition coefficient (Wildman–Crippen LogP) is 12.9. The van der Waals surface area contributed by atoms with Crippen LogP contribution in [0.4, 0.5) is 0 Å². The Labute approximate surface area is 415 Å². The molecule has 0 aliphatic rings. The predicted molar refractivity (Wildman–Crippen MR) is 309 cm³/mol. The summed E-state index contributed by atoms with van der Waals surface area (Å²) in [5.41, 5.74) is 12.0. The number of benzene rings is 9. The minimum absolute atomic E-state index is 1.13. The Bertz CT molecular complexity index is 3240. The fraction of sp³-hybridized carbons (Fsp3) is 0.0476. The lowest BCUT2D eigenvalue weighted by Crippen LogP contribution is -2.37. The van der Waals surface area contributed by atoms with E-state index < -0.39 is 32.1 Å². The van der Waals surface area contributed by atoms with E-state index >= 15 is 0 Å². The normalized spacial score (nSPS) is 11.9. The first kappa shape index (κ1) is 44.5. The van der Waals surface area contributed by atoms with E-state index in [0.29, 0.717) is 0 Å². The zero-order valence-electron chi connectivity index (χ0n) is 39.4. The summed E-state index contributed by atoms with van der Waals surface area (Å²) in [5, 5.41) is 11.8. The molecule has 12 aromatic rings. The zero-order chi connectivity index (χ0) is 47.1. The quantitative estimate of drug-likeness (QED) is 0.108. The van der Waals surface area contributed by atoms with Crippen LogP contribution in [0.2, 0.25) is 0 Å². The van der Waals surface area contributed by atoms with E-state index in [1.54, 1.807) is 0 Å². The van der Waals surface area contributed by atoms with Crippen molar-refractivity contribution in [3.63, 3.8) is 0 Å². The van der Waals surface area contributed by atoms with Gasteiger partial charge >= 0.3 is 0 Å². The minimum Gasteiger partial charge on any atom is -0.310 e. The molecule has 0 aliphatic carbocycles. The molecule has 0 N–H and O–H groups in total. The molecule has 0 saturated heterocycles. The number of nitrogens with zero attached hydrogens (tertiary/aromatic N) is 3. The van der Waals surface area contributed by atoms with Crippen LogP contribution in [0.1, 0.15) is 16.7 Å². The fourth-order valence-corrected chi connectivity index (χ4v) is 22.0. The Hall–Kier alpha value is -6.68. The summed E-state index contributed by atoms with van der Waals surface area (Å²) in [6.45, 7) is 7.27. The maximum atomic E-state index is 2.83. The maximum absolute atomic E-state index is 2.83. The molecular formula is C63H51N3P4. The summed E-state index contributed by atoms with van der Waals surface area (Å²) in [7, 11) is -4.79. The van der Waals surface area contributed by atoms with Gasteiger partial charge in [-0.3, -0.25) is 0 Å². The van der Waals surface area contributed by atoms with Crippen LogP contribution in [0.5, 0.6) is 0 Å². The highest BCUT2D eigenvalue weighted by molar-refractivity contribution is 7.83. The molecule has 0 spiro atoms. The lowest BCUT2D eigenvalue weighted by atomic mass is 10.2. The first-order chi connectivity index (χ1) is 34.6. The molecule has 0 unspecified atom stereocenters. The van der Waals surface area contributed by atoms with Crippen LogP contribution in [0.3, 0.4) is 0 Å². The molecule has 9 aromatic carbocycles. The van der Waals surface area contributed by atoms with Crippen LogP contribution in [-0.4, -0.2) is 13.0 Å². The highest BCUT2D eigenvalue weighted by Crippen LogP contribution is 2.54. The molecule has 12 rings (SSSR count). The summed E-state index contributed by atoms with van der Waals surface area (Å²) in [6, 6.07) is 95.5. The van der Waals surface area contributed by atoms with Crippen molar-refractivity contribution in [1.82, 2.24) is 13.0 Å². The van der Waals surface area contributed by atoms with Crippen LogP contribution in [0.25, 0.3) is 32.7 Å². The van der Waals surface area contributed by atoms with E-state index in [2.05, 4.69) is 289 Å². The van der Waals surface area contributed by atoms with Crippen LogP contribution >= 0.6 is 32.1 Å². The van der Waals surface area contributed by atoms with Crippen molar-refractivity contribution in [3.05, 3.63) is 271 Å². The molecule has 3 nitrogen and oxygen atoms in total. The van der Waals surface area contributed by atoms with Gasteiger partial charge in [0.2, 0.25) is 0 Å². The monoisotopic (exact) mass is 973 g/mol. The Morgan fingerprint density at radius 2 is 0.414 bits per heavy atom. The van der Waals surface area contributed by atoms with Crippen LogP contribution in [0.15, 0.2) is 255 Å². The third-order valence-electron chi connectivity index (χ3n) is 13.5. The van der Waals surface area contributed by atoms with Gasteiger partial charge in [0.1, 0.15) is 0 Å². The molecule has 0 aliphatic heterocycles. The standard InChI is InChI=1S/C63H51N3P4/c1-46-55-40-22-25-43-58(55)64(68(49-28-10-4-11-29-49)50-30-12-5-13-31-50)61(46)67(62-47(2)56-41-23-26-44-59(56)65(62)69(51-32-14-6-15-33-51)52-34-16-7-17-35-52)63-48(3)57-42-24-27-45-60(57)66(63)70(53-36-18-8-19-37-53)54-38-20-9-21-39-54/h4-45H,1-3H3. The van der Waals surface area contributed by atoms with Gasteiger partial charge < -0.3 is 13.0 Å². The number of hydrogen-bond acceptors (Lipinski definition) is 0. The number of rotatable bonds is 12. The fourth-order valence-electron chi connectivity index (χ4n) is 10.4. The number of aromatic nitrogens is 3. The van der Waals surface area contributed by atoms with Crippen molar-refractivity contribution in [2.45, 2.75) is 20.8 Å². The zero-order valence-corrected chi connectivity index (χ0v) is 43.0. The Morgan fingerprint density at radius 1 is 0.229 bits per heavy atom. The van der Waals surface area contributed by atoms with Crippen molar-refractivity contribution < 1.29 is 0 Å². The first-order valence-corrected chi connectivity index (χ1v) is 29.1. The summed E-state index contributed by atoms with van der Waals surface area (Å²) in [4.78, 5) is 0. The van der Waals surface area contributed by atoms with Gasteiger partial charge in [0, 0.05) is 55.9 Å². The second-order valence-electron chi connectivity index (χ2n) is 17.6. The number of hydrogen-bond donors (Lipinski definition) is 0. The van der Waals surface area contributed by atoms with Gasteiger partial charge in [0.25, 0.3) is 0 Å². The third kappa shape index (κ3) is 7.69. The highest BCUT2D eigenvalue weighted by atomic mass is 31.1. The molecule has 0 fully saturated rings. The van der Waals surface area contributed by atoms with E-state index in [4.69, 9.17) is 0 Å². The highest BCUT2D eigenvalue weighted by Gasteiger charge is 2.40. The second-order valence-corrected chi connectivity index (χ2v) is 25.7. The SMILES string of the molecule is Cc1c(P(c2c(C)c3ccccc3n2P(c2ccccc2)c2ccccc2)c2c(C)c3ccccc3n2P(c2ccccc2)c2ccccc2)n(P(c2ccccc2)c2ccccc2)c2ccccc12. The van der Waals surface area contributed by atoms with Crippen molar-refractivity contribution in [2.24, 2.45) is 0 Å². The van der Waals surface area contributed by atoms with Gasteiger partial charge in [-0.15, -0.1) is 0 Å². The number of para-hydroxylation sites is 3. The van der Waals surface area contributed by atoms with Crippen molar-refractivity contribution >= 4 is 113 Å². The molecule has 0 atom stereocenters. The average Bonchev–Trinajstić information content (AvgIpc) is 3.99. The molecule has 0 radical (unpaired) electrons. The molecule has 0 saturated carbocycles. The van der Waals surface area contributed by atoms with E-state index in [1.807, 2.05) is 0 Å². The van der Waals surface area contributed by atoms with Gasteiger partial charge in [-0.2, -0.15) is 0 Å². The van der Waals surface area contributed by atoms with Gasteiger partial charge in [0.05, 0.1) is 57.1 Å². The second kappa shape index (κ2) is 19.3. The lowest BCUT2D eigenvalue weighted by Gasteiger charge is -2.34. The van der Waals surface area contributed by atoms with Crippen LogP contribution < -0.4 is 48.1 Å². The topological polar surface area (TPSA) is 14.8 Å². The molecular weight excluding hydrogens is 923 g/mol. The first-order valence-electron chi connectivity index (χ1n) is 23.9. The van der Waals surface area contributed by atoms with Gasteiger partial charge in [-0.25, -0.2) is 0 Å². The Balaban J connectivity index is 1.32. The Morgan fingerprint density at radius 3 is 0.629 bits per heavy atom. The number of fused-ring (bicyclic) bond motifs is 3. The van der Waals surface area contributed by atoms with Crippen molar-refractivity contribution in [1.29, 1.82) is 0 Å². The molecule has 0 bridgehead atoms. The van der Waals surface area contributed by atoms with E-state index in [0.717, 1.165) is 0 Å². The smallest absolute Gasteiger partial charge is 0.0614 e. The summed E-state index contributed by atoms with van der Waals surface area (Å²) in [5.74, 6) is 0. The third-order valence-corrected chi connectivity index (χ3v) is 24.0. The largest absolute Gasteiger partial charge is 0.310 e. The summed E-state index contributed by atoms with van der Waals surface area (Å²) in [6.07, 6.45) is 0. The maximum Gasteiger partial charge on any atom is 0.0614 e. The van der Waals surface area contributed by atoms with Gasteiger partial charge in [0.15, 0.2) is 0 Å². The van der Waals surface area contributed by atoms with E-state index in [-0.39, 0.29) is 0 Å². The van der Waals surface area contributed by atoms with Crippen molar-refractivity contribution in [3.8, 4) is 0 Å². The number of aryl methyl sites for hydroxylation is 3. The molecule has 3 aromatic heterocycles. The van der Waals surface area contributed by atoms with E-state index in [9.17, 15) is 0 Å². The van der Waals surface area contributed by atoms with Crippen LogP contribution in [0, 0.1) is 20.8 Å². The minimum atomic E-state index is -1.41.